The molecular weight excluding hydrogens is 260 g/mol. The Hall–Kier alpha value is -0.0800. The Morgan fingerprint density at radius 3 is 1.86 bits per heavy atom. The van der Waals surface area contributed by atoms with Gasteiger partial charge in [0.25, 0.3) is 0 Å². The lowest BCUT2D eigenvalue weighted by atomic mass is 9.66. The molecule has 124 valence electrons. The zero-order valence-electron chi connectivity index (χ0n) is 14.1. The fourth-order valence-electron chi connectivity index (χ4n) is 5.21. The summed E-state index contributed by atoms with van der Waals surface area (Å²) < 4.78 is 0. The van der Waals surface area contributed by atoms with Crippen LogP contribution in [0.15, 0.2) is 0 Å². The molecule has 0 radical (unpaired) electrons. The lowest BCUT2D eigenvalue weighted by molar-refractivity contribution is 0.0682. The third-order valence-corrected chi connectivity index (χ3v) is 6.67. The van der Waals surface area contributed by atoms with E-state index in [-0.39, 0.29) is 0 Å². The highest BCUT2D eigenvalue weighted by molar-refractivity contribution is 4.85. The normalized spacial score (nSPS) is 41.1. The van der Waals surface area contributed by atoms with E-state index in [1.165, 1.54) is 57.8 Å². The SMILES string of the molecule is CCC1CC(CC2CCC(CO)CC2CC)CCC1CO. The van der Waals surface area contributed by atoms with E-state index in [2.05, 4.69) is 13.8 Å². The molecule has 2 nitrogen and oxygen atoms in total. The molecule has 2 N–H and O–H groups in total. The molecule has 0 aromatic carbocycles. The van der Waals surface area contributed by atoms with Gasteiger partial charge in [-0.1, -0.05) is 33.1 Å². The summed E-state index contributed by atoms with van der Waals surface area (Å²) in [5.74, 6) is 4.51. The number of hydrogen-bond acceptors (Lipinski definition) is 2. The Morgan fingerprint density at radius 1 is 0.667 bits per heavy atom. The number of aliphatic hydroxyl groups is 2. The maximum Gasteiger partial charge on any atom is 0.0461 e. The molecule has 0 bridgehead atoms. The Bertz CT molecular complexity index is 291. The average Bonchev–Trinajstić information content (AvgIpc) is 2.55. The topological polar surface area (TPSA) is 40.5 Å². The van der Waals surface area contributed by atoms with Crippen molar-refractivity contribution < 1.29 is 10.2 Å². The van der Waals surface area contributed by atoms with E-state index < -0.39 is 0 Å². The van der Waals surface area contributed by atoms with E-state index in [0.29, 0.717) is 25.0 Å². The van der Waals surface area contributed by atoms with Crippen molar-refractivity contribution in [2.45, 2.75) is 71.6 Å². The monoisotopic (exact) mass is 296 g/mol. The van der Waals surface area contributed by atoms with Gasteiger partial charge in [0.1, 0.15) is 0 Å². The Balaban J connectivity index is 1.86. The zero-order valence-corrected chi connectivity index (χ0v) is 14.1. The van der Waals surface area contributed by atoms with Gasteiger partial charge in [-0.25, -0.2) is 0 Å². The minimum atomic E-state index is 0.392. The molecule has 2 aliphatic rings. The molecule has 2 heteroatoms. The predicted molar refractivity (Wildman–Crippen MR) is 88.0 cm³/mol. The van der Waals surface area contributed by atoms with Crippen LogP contribution < -0.4 is 0 Å². The van der Waals surface area contributed by atoms with Crippen LogP contribution in [0.4, 0.5) is 0 Å². The Kier molecular flexibility index (Phi) is 7.01. The maximum atomic E-state index is 9.51. The average molecular weight is 296 g/mol. The second-order valence-corrected chi connectivity index (χ2v) is 7.82. The first-order valence-corrected chi connectivity index (χ1v) is 9.43. The Labute approximate surface area is 131 Å². The van der Waals surface area contributed by atoms with Gasteiger partial charge in [0.2, 0.25) is 0 Å². The largest absolute Gasteiger partial charge is 0.396 e. The Morgan fingerprint density at radius 2 is 1.24 bits per heavy atom. The van der Waals surface area contributed by atoms with Gasteiger partial charge >= 0.3 is 0 Å². The van der Waals surface area contributed by atoms with E-state index >= 15 is 0 Å². The molecule has 2 rings (SSSR count). The predicted octanol–water partition coefficient (Wildman–Crippen LogP) is 4.25. The van der Waals surface area contributed by atoms with Crippen LogP contribution in [0.25, 0.3) is 0 Å². The fourth-order valence-corrected chi connectivity index (χ4v) is 5.21. The summed E-state index contributed by atoms with van der Waals surface area (Å²) in [7, 11) is 0. The zero-order chi connectivity index (χ0) is 15.2. The van der Waals surface area contributed by atoms with Crippen LogP contribution in [0.3, 0.4) is 0 Å². The van der Waals surface area contributed by atoms with Gasteiger partial charge < -0.3 is 10.2 Å². The maximum absolute atomic E-state index is 9.51. The molecule has 0 spiro atoms. The smallest absolute Gasteiger partial charge is 0.0461 e. The molecule has 0 aromatic rings. The van der Waals surface area contributed by atoms with E-state index in [4.69, 9.17) is 0 Å². The first-order valence-electron chi connectivity index (χ1n) is 9.43. The molecule has 21 heavy (non-hydrogen) atoms. The fraction of sp³-hybridized carbons (Fsp3) is 1.00. The first kappa shape index (κ1) is 17.3. The summed E-state index contributed by atoms with van der Waals surface area (Å²) in [6.07, 6.45) is 11.7. The van der Waals surface area contributed by atoms with Gasteiger partial charge in [-0.3, -0.25) is 0 Å². The third kappa shape index (κ3) is 4.45. The lowest BCUT2D eigenvalue weighted by Crippen LogP contribution is -2.31. The van der Waals surface area contributed by atoms with E-state index in [0.717, 1.165) is 23.7 Å². The molecule has 2 fully saturated rings. The molecule has 0 aliphatic heterocycles. The minimum Gasteiger partial charge on any atom is -0.396 e. The van der Waals surface area contributed by atoms with Crippen LogP contribution in [0, 0.1) is 35.5 Å². The van der Waals surface area contributed by atoms with Crippen LogP contribution >= 0.6 is 0 Å². The van der Waals surface area contributed by atoms with Gasteiger partial charge in [-0.15, -0.1) is 0 Å². The van der Waals surface area contributed by atoms with Crippen molar-refractivity contribution in [3.8, 4) is 0 Å². The van der Waals surface area contributed by atoms with Gasteiger partial charge in [-0.2, -0.15) is 0 Å². The van der Waals surface area contributed by atoms with Crippen molar-refractivity contribution >= 4 is 0 Å². The standard InChI is InChI=1S/C19H36O2/c1-3-16-11-15(12-20)6-7-18(16)10-14-5-8-19(13-21)17(4-2)9-14/h14-21H,3-13H2,1-2H3. The van der Waals surface area contributed by atoms with Crippen molar-refractivity contribution in [2.75, 3.05) is 13.2 Å². The summed E-state index contributed by atoms with van der Waals surface area (Å²) in [6, 6.07) is 0. The second kappa shape index (κ2) is 8.53. The van der Waals surface area contributed by atoms with E-state index in [1.807, 2.05) is 0 Å². The first-order chi connectivity index (χ1) is 10.2. The lowest BCUT2D eigenvalue weighted by Gasteiger charge is -2.40. The van der Waals surface area contributed by atoms with Gasteiger partial charge in [0.05, 0.1) is 0 Å². The van der Waals surface area contributed by atoms with Crippen LogP contribution in [0.2, 0.25) is 0 Å². The summed E-state index contributed by atoms with van der Waals surface area (Å²) in [4.78, 5) is 0. The van der Waals surface area contributed by atoms with Gasteiger partial charge in [0.15, 0.2) is 0 Å². The number of aliphatic hydroxyl groups excluding tert-OH is 2. The van der Waals surface area contributed by atoms with Crippen molar-refractivity contribution in [3.63, 3.8) is 0 Å². The summed E-state index contributed by atoms with van der Waals surface area (Å²) >= 11 is 0. The van der Waals surface area contributed by atoms with Gasteiger partial charge in [0, 0.05) is 13.2 Å². The second-order valence-electron chi connectivity index (χ2n) is 7.82. The quantitative estimate of drug-likeness (QED) is 0.769. The van der Waals surface area contributed by atoms with Crippen LogP contribution in [-0.4, -0.2) is 23.4 Å². The van der Waals surface area contributed by atoms with Crippen LogP contribution in [0.1, 0.15) is 71.6 Å². The van der Waals surface area contributed by atoms with Crippen molar-refractivity contribution in [1.29, 1.82) is 0 Å². The molecule has 6 atom stereocenters. The van der Waals surface area contributed by atoms with Crippen molar-refractivity contribution in [1.82, 2.24) is 0 Å². The highest BCUT2D eigenvalue weighted by Gasteiger charge is 2.34. The molecule has 6 unspecified atom stereocenters. The highest BCUT2D eigenvalue weighted by Crippen LogP contribution is 2.44. The minimum absolute atomic E-state index is 0.392. The van der Waals surface area contributed by atoms with E-state index in [1.54, 1.807) is 0 Å². The number of rotatable bonds is 6. The molecule has 2 saturated carbocycles. The molecule has 2 aliphatic carbocycles. The van der Waals surface area contributed by atoms with Crippen LogP contribution in [0.5, 0.6) is 0 Å². The molecular formula is C19H36O2. The number of hydrogen-bond donors (Lipinski definition) is 2. The molecule has 0 amide bonds. The molecule has 0 aromatic heterocycles. The van der Waals surface area contributed by atoms with Crippen molar-refractivity contribution in [2.24, 2.45) is 35.5 Å². The summed E-state index contributed by atoms with van der Waals surface area (Å²) in [5, 5.41) is 18.9. The van der Waals surface area contributed by atoms with E-state index in [9.17, 15) is 10.2 Å². The third-order valence-electron chi connectivity index (χ3n) is 6.67. The summed E-state index contributed by atoms with van der Waals surface area (Å²) in [6.45, 7) is 5.40. The van der Waals surface area contributed by atoms with Gasteiger partial charge in [-0.05, 0) is 74.0 Å². The van der Waals surface area contributed by atoms with Crippen LogP contribution in [-0.2, 0) is 0 Å². The summed E-state index contributed by atoms with van der Waals surface area (Å²) in [5.41, 5.74) is 0. The van der Waals surface area contributed by atoms with Crippen molar-refractivity contribution in [3.05, 3.63) is 0 Å². The molecule has 0 saturated heterocycles. The molecule has 0 heterocycles. The highest BCUT2D eigenvalue weighted by atomic mass is 16.3.